The molecule has 0 N–H and O–H groups in total. The van der Waals surface area contributed by atoms with Crippen LogP contribution in [0.5, 0.6) is 0 Å². The highest BCUT2D eigenvalue weighted by molar-refractivity contribution is 7.99. The number of methoxy groups -OCH3 is 1. The van der Waals surface area contributed by atoms with E-state index in [2.05, 4.69) is 44.0 Å². The van der Waals surface area contributed by atoms with Gasteiger partial charge >= 0.3 is 6.16 Å². The Kier molecular flexibility index (Phi) is 8.73. The number of pyridine rings is 1. The molecule has 0 saturated carbocycles. The third-order valence-electron chi connectivity index (χ3n) is 6.00. The Hall–Kier alpha value is -2.60. The number of aryl methyl sites for hydroxylation is 4. The van der Waals surface area contributed by atoms with Crippen molar-refractivity contribution in [2.45, 2.75) is 64.8 Å². The summed E-state index contributed by atoms with van der Waals surface area (Å²) in [5.41, 5.74) is 6.02. The molecule has 0 amide bonds. The Morgan fingerprint density at radius 3 is 2.36 bits per heavy atom. The van der Waals surface area contributed by atoms with Crippen molar-refractivity contribution in [3.8, 4) is 0 Å². The lowest BCUT2D eigenvalue weighted by Gasteiger charge is -2.28. The molecular formula is C27H33NO4S. The molecule has 1 heterocycles. The lowest BCUT2D eigenvalue weighted by atomic mass is 9.79. The number of nitrogens with zero attached hydrogens (tertiary/aromatic N) is 1. The average Bonchev–Trinajstić information content (AvgIpc) is 2.80. The van der Waals surface area contributed by atoms with E-state index in [0.717, 1.165) is 52.3 Å². The monoisotopic (exact) mass is 467 g/mol. The molecule has 2 aromatic rings. The van der Waals surface area contributed by atoms with E-state index in [-0.39, 0.29) is 11.7 Å². The number of hydrogen-bond donors (Lipinski definition) is 0. The van der Waals surface area contributed by atoms with Crippen LogP contribution in [0.1, 0.15) is 60.9 Å². The second-order valence-electron chi connectivity index (χ2n) is 8.53. The fraction of sp³-hybridized carbons (Fsp3) is 0.444. The first-order valence-corrected chi connectivity index (χ1v) is 12.5. The van der Waals surface area contributed by atoms with Crippen LogP contribution in [0.3, 0.4) is 0 Å². The van der Waals surface area contributed by atoms with E-state index >= 15 is 0 Å². The number of Topliss-reactive ketones (excluding diaryl/α,β-unsaturated/α-hetero) is 1. The van der Waals surface area contributed by atoms with Crippen LogP contribution in [0.4, 0.5) is 4.79 Å². The van der Waals surface area contributed by atoms with Crippen LogP contribution in [-0.4, -0.2) is 29.8 Å². The van der Waals surface area contributed by atoms with Crippen LogP contribution in [0, 0.1) is 19.8 Å². The van der Waals surface area contributed by atoms with Gasteiger partial charge in [0.2, 0.25) is 0 Å². The molecule has 1 aromatic carbocycles. The number of ether oxygens (including phenoxy) is 2. The average molecular weight is 468 g/mol. The fourth-order valence-corrected chi connectivity index (χ4v) is 5.32. The molecule has 3 rings (SSSR count). The van der Waals surface area contributed by atoms with Gasteiger partial charge in [-0.05, 0) is 73.1 Å². The topological polar surface area (TPSA) is 65.5 Å². The van der Waals surface area contributed by atoms with E-state index in [1.165, 1.54) is 12.7 Å². The highest BCUT2D eigenvalue weighted by Gasteiger charge is 2.33. The second kappa shape index (κ2) is 11.5. The van der Waals surface area contributed by atoms with Crippen LogP contribution in [0.25, 0.3) is 5.57 Å². The summed E-state index contributed by atoms with van der Waals surface area (Å²) < 4.78 is 10.4. The van der Waals surface area contributed by atoms with E-state index in [1.54, 1.807) is 11.8 Å². The molecule has 0 saturated heterocycles. The van der Waals surface area contributed by atoms with Gasteiger partial charge in [-0.2, -0.15) is 0 Å². The molecule has 1 atom stereocenters. The summed E-state index contributed by atoms with van der Waals surface area (Å²) in [5, 5.41) is 0.977. The Labute approximate surface area is 201 Å². The molecule has 0 fully saturated rings. The number of ketones is 1. The summed E-state index contributed by atoms with van der Waals surface area (Å²) >= 11 is 1.68. The highest BCUT2D eigenvalue weighted by atomic mass is 32.2. The lowest BCUT2D eigenvalue weighted by molar-refractivity contribution is -0.115. The highest BCUT2D eigenvalue weighted by Crippen LogP contribution is 2.39. The van der Waals surface area contributed by atoms with Gasteiger partial charge in [-0.3, -0.25) is 4.79 Å². The second-order valence-corrected chi connectivity index (χ2v) is 9.64. The van der Waals surface area contributed by atoms with Gasteiger partial charge in [0.05, 0.1) is 17.7 Å². The zero-order valence-corrected chi connectivity index (χ0v) is 21.0. The number of carbonyl (C=O) groups excluding carboxylic acids is 2. The Balaban J connectivity index is 1.89. The summed E-state index contributed by atoms with van der Waals surface area (Å²) in [7, 11) is 1.29. The van der Waals surface area contributed by atoms with Crippen LogP contribution >= 0.6 is 11.8 Å². The van der Waals surface area contributed by atoms with Crippen LogP contribution in [-0.2, 0) is 27.1 Å². The van der Waals surface area contributed by atoms with Gasteiger partial charge in [0.25, 0.3) is 0 Å². The van der Waals surface area contributed by atoms with Gasteiger partial charge in [-0.25, -0.2) is 9.78 Å². The first kappa shape index (κ1) is 25.0. The maximum absolute atomic E-state index is 13.5. The van der Waals surface area contributed by atoms with E-state index in [0.29, 0.717) is 24.2 Å². The van der Waals surface area contributed by atoms with E-state index < -0.39 is 6.16 Å². The molecule has 1 aliphatic rings. The largest absolute Gasteiger partial charge is 0.513 e. The fourth-order valence-electron chi connectivity index (χ4n) is 4.36. The predicted molar refractivity (Wildman–Crippen MR) is 132 cm³/mol. The lowest BCUT2D eigenvalue weighted by Crippen LogP contribution is -2.23. The van der Waals surface area contributed by atoms with Crippen molar-refractivity contribution in [1.82, 2.24) is 4.98 Å². The number of thioether (sulfide) groups is 1. The van der Waals surface area contributed by atoms with Crippen LogP contribution < -0.4 is 0 Å². The summed E-state index contributed by atoms with van der Waals surface area (Å²) in [5.74, 6) is 1.44. The summed E-state index contributed by atoms with van der Waals surface area (Å²) in [6, 6.07) is 8.32. The summed E-state index contributed by atoms with van der Waals surface area (Å²) in [6.07, 6.45) is 4.51. The molecule has 1 aliphatic carbocycles. The van der Waals surface area contributed by atoms with Crippen molar-refractivity contribution in [1.29, 1.82) is 0 Å². The standard InChI is InChI=1S/C27H33NO4S/c1-6-20-12-18(4)13-21(7-2)25(20)26-22(29)14-19(15-23(26)32-27(30)31-5)10-11-33-24-9-8-17(3)16-28-24/h8-9,12-13,16,19H,6-7,10-11,14-15H2,1-5H3. The van der Waals surface area contributed by atoms with Crippen molar-refractivity contribution in [2.24, 2.45) is 5.92 Å². The molecule has 6 heteroatoms. The van der Waals surface area contributed by atoms with Gasteiger partial charge in [-0.15, -0.1) is 11.8 Å². The first-order chi connectivity index (χ1) is 15.9. The molecule has 1 aromatic heterocycles. The predicted octanol–water partition coefficient (Wildman–Crippen LogP) is 6.48. The number of rotatable bonds is 8. The van der Waals surface area contributed by atoms with Gasteiger partial charge < -0.3 is 9.47 Å². The zero-order chi connectivity index (χ0) is 24.0. The molecule has 0 bridgehead atoms. The van der Waals surface area contributed by atoms with Crippen LogP contribution in [0.15, 0.2) is 41.2 Å². The molecule has 1 unspecified atom stereocenters. The molecule has 176 valence electrons. The minimum Gasteiger partial charge on any atom is -0.437 e. The first-order valence-electron chi connectivity index (χ1n) is 11.6. The summed E-state index contributed by atoms with van der Waals surface area (Å²) in [4.78, 5) is 30.0. The third-order valence-corrected chi connectivity index (χ3v) is 6.97. The number of benzene rings is 1. The van der Waals surface area contributed by atoms with Gasteiger partial charge in [0.1, 0.15) is 5.76 Å². The van der Waals surface area contributed by atoms with E-state index in [4.69, 9.17) is 9.47 Å². The van der Waals surface area contributed by atoms with E-state index in [1.807, 2.05) is 19.2 Å². The quantitative estimate of drug-likeness (QED) is 0.327. The Morgan fingerprint density at radius 2 is 1.79 bits per heavy atom. The molecule has 0 spiro atoms. The SMILES string of the molecule is CCc1cc(C)cc(CC)c1C1=C(OC(=O)OC)CC(CCSc2ccc(C)cn2)CC1=O. The van der Waals surface area contributed by atoms with Crippen LogP contribution in [0.2, 0.25) is 0 Å². The van der Waals surface area contributed by atoms with Crippen molar-refractivity contribution in [3.05, 3.63) is 64.0 Å². The number of hydrogen-bond acceptors (Lipinski definition) is 6. The van der Waals surface area contributed by atoms with Gasteiger partial charge in [0, 0.05) is 19.0 Å². The minimum atomic E-state index is -0.780. The Bertz CT molecular complexity index is 1020. The number of aromatic nitrogens is 1. The third kappa shape index (κ3) is 6.26. The smallest absolute Gasteiger partial charge is 0.437 e. The van der Waals surface area contributed by atoms with Gasteiger partial charge in [0.15, 0.2) is 5.78 Å². The zero-order valence-electron chi connectivity index (χ0n) is 20.2. The molecular weight excluding hydrogens is 434 g/mol. The molecule has 33 heavy (non-hydrogen) atoms. The molecule has 5 nitrogen and oxygen atoms in total. The number of allylic oxidation sites excluding steroid dienone is 2. The Morgan fingerprint density at radius 1 is 1.09 bits per heavy atom. The minimum absolute atomic E-state index is 0.0388. The van der Waals surface area contributed by atoms with E-state index in [9.17, 15) is 9.59 Å². The van der Waals surface area contributed by atoms with Gasteiger partial charge in [-0.1, -0.05) is 37.6 Å². The molecule has 0 radical (unpaired) electrons. The van der Waals surface area contributed by atoms with Crippen molar-refractivity contribution < 1.29 is 19.1 Å². The normalized spacial score (nSPS) is 16.2. The van der Waals surface area contributed by atoms with Crippen molar-refractivity contribution in [2.75, 3.05) is 12.9 Å². The number of carbonyl (C=O) groups is 2. The van der Waals surface area contributed by atoms with Crippen molar-refractivity contribution >= 4 is 29.3 Å². The maximum atomic E-state index is 13.5. The maximum Gasteiger partial charge on any atom is 0.513 e. The van der Waals surface area contributed by atoms with Crippen molar-refractivity contribution in [3.63, 3.8) is 0 Å². The molecule has 0 aliphatic heterocycles. The summed E-state index contributed by atoms with van der Waals surface area (Å²) in [6.45, 7) is 8.27.